The van der Waals surface area contributed by atoms with Gasteiger partial charge in [-0.15, -0.1) is 0 Å². The summed E-state index contributed by atoms with van der Waals surface area (Å²) in [6, 6.07) is 0. The van der Waals surface area contributed by atoms with Gasteiger partial charge in [-0.1, -0.05) is 0 Å². The van der Waals surface area contributed by atoms with Gasteiger partial charge in [0, 0.05) is 18.7 Å². The second-order valence-corrected chi connectivity index (χ2v) is 4.34. The number of carbonyl (C=O) groups excluding carboxylic acids is 1. The summed E-state index contributed by atoms with van der Waals surface area (Å²) in [5.41, 5.74) is 0.982. The molecule has 0 unspecified atom stereocenters. The molecule has 5 heteroatoms. The van der Waals surface area contributed by atoms with E-state index in [0.717, 1.165) is 37.2 Å². The molecule has 1 amide bonds. The molecule has 1 N–H and O–H groups in total. The van der Waals surface area contributed by atoms with E-state index >= 15 is 0 Å². The number of carbonyl (C=O) groups is 1. The van der Waals surface area contributed by atoms with Gasteiger partial charge in [-0.05, 0) is 33.1 Å². The Balaban J connectivity index is 2.04. The molecule has 1 aliphatic heterocycles. The highest BCUT2D eigenvalue weighted by Crippen LogP contribution is 2.17. The Bertz CT molecular complexity index is 394. The van der Waals surface area contributed by atoms with Gasteiger partial charge in [0.1, 0.15) is 11.9 Å². The molecule has 1 aromatic heterocycles. The van der Waals surface area contributed by atoms with Crippen molar-refractivity contribution in [2.24, 2.45) is 0 Å². The molecule has 2 rings (SSSR count). The van der Waals surface area contributed by atoms with E-state index in [1.165, 1.54) is 0 Å². The Hall–Kier alpha value is -1.36. The van der Waals surface area contributed by atoms with Crippen LogP contribution in [0.1, 0.15) is 31.7 Å². The van der Waals surface area contributed by atoms with Crippen molar-refractivity contribution < 1.29 is 9.53 Å². The van der Waals surface area contributed by atoms with Crippen LogP contribution in [0.3, 0.4) is 0 Å². The molecule has 0 aromatic carbocycles. The zero-order valence-electron chi connectivity index (χ0n) is 10.4. The van der Waals surface area contributed by atoms with E-state index in [-0.39, 0.29) is 12.0 Å². The molecule has 1 atom stereocenters. The van der Waals surface area contributed by atoms with E-state index in [9.17, 15) is 4.79 Å². The number of hydrogen-bond acceptors (Lipinski definition) is 3. The smallest absolute Gasteiger partial charge is 0.254 e. The van der Waals surface area contributed by atoms with Gasteiger partial charge in [-0.25, -0.2) is 4.68 Å². The Morgan fingerprint density at radius 3 is 3.12 bits per heavy atom. The van der Waals surface area contributed by atoms with Gasteiger partial charge in [0.2, 0.25) is 0 Å². The van der Waals surface area contributed by atoms with Gasteiger partial charge in [0.05, 0.1) is 6.20 Å². The van der Waals surface area contributed by atoms with Crippen molar-refractivity contribution in [2.75, 3.05) is 11.9 Å². The normalized spacial score (nSPS) is 20.2. The number of hydrogen-bond donors (Lipinski definition) is 1. The molecule has 2 heterocycles. The van der Waals surface area contributed by atoms with Crippen molar-refractivity contribution >= 4 is 11.7 Å². The molecule has 0 radical (unpaired) electrons. The van der Waals surface area contributed by atoms with Crippen molar-refractivity contribution in [3.63, 3.8) is 0 Å². The van der Waals surface area contributed by atoms with Crippen LogP contribution in [0.4, 0.5) is 5.82 Å². The van der Waals surface area contributed by atoms with E-state index in [1.807, 2.05) is 13.8 Å². The molecule has 1 saturated heterocycles. The third-order valence-electron chi connectivity index (χ3n) is 3.04. The Kier molecular flexibility index (Phi) is 3.78. The maximum Gasteiger partial charge on any atom is 0.254 e. The van der Waals surface area contributed by atoms with Gasteiger partial charge in [-0.3, -0.25) is 4.79 Å². The third kappa shape index (κ3) is 2.66. The van der Waals surface area contributed by atoms with Crippen molar-refractivity contribution in [2.45, 2.75) is 45.8 Å². The summed E-state index contributed by atoms with van der Waals surface area (Å²) in [6.07, 6.45) is 4.38. The van der Waals surface area contributed by atoms with E-state index in [4.69, 9.17) is 4.74 Å². The van der Waals surface area contributed by atoms with Crippen LogP contribution in [0.25, 0.3) is 0 Å². The van der Waals surface area contributed by atoms with Crippen molar-refractivity contribution in [3.8, 4) is 0 Å². The van der Waals surface area contributed by atoms with Gasteiger partial charge >= 0.3 is 0 Å². The summed E-state index contributed by atoms with van der Waals surface area (Å²) in [5, 5.41) is 7.11. The minimum atomic E-state index is -0.302. The number of aryl methyl sites for hydroxylation is 2. The average Bonchev–Trinajstić information content (AvgIpc) is 2.71. The molecule has 5 nitrogen and oxygen atoms in total. The molecule has 0 aliphatic carbocycles. The van der Waals surface area contributed by atoms with E-state index < -0.39 is 0 Å². The monoisotopic (exact) mass is 237 g/mol. The lowest BCUT2D eigenvalue weighted by atomic mass is 10.1. The number of amides is 1. The first-order chi connectivity index (χ1) is 8.22. The maximum atomic E-state index is 12.0. The molecule has 1 aliphatic rings. The van der Waals surface area contributed by atoms with Gasteiger partial charge in [-0.2, -0.15) is 5.10 Å². The molecule has 1 fully saturated rings. The van der Waals surface area contributed by atoms with Crippen LogP contribution in [0, 0.1) is 6.92 Å². The summed E-state index contributed by atoms with van der Waals surface area (Å²) >= 11 is 0. The minimum absolute atomic E-state index is 0.0528. The minimum Gasteiger partial charge on any atom is -0.368 e. The first-order valence-electron chi connectivity index (χ1n) is 6.17. The summed E-state index contributed by atoms with van der Waals surface area (Å²) in [4.78, 5) is 12.0. The van der Waals surface area contributed by atoms with Crippen LogP contribution < -0.4 is 5.32 Å². The quantitative estimate of drug-likeness (QED) is 0.870. The number of anilines is 1. The van der Waals surface area contributed by atoms with Crippen LogP contribution in [0.2, 0.25) is 0 Å². The highest BCUT2D eigenvalue weighted by Gasteiger charge is 2.23. The predicted octanol–water partition coefficient (Wildman–Crippen LogP) is 1.72. The molecule has 1 aromatic rings. The van der Waals surface area contributed by atoms with Crippen LogP contribution in [0.15, 0.2) is 6.20 Å². The number of rotatable bonds is 3. The number of nitrogens with zero attached hydrogens (tertiary/aromatic N) is 2. The Morgan fingerprint density at radius 2 is 2.47 bits per heavy atom. The predicted molar refractivity (Wildman–Crippen MR) is 64.9 cm³/mol. The van der Waals surface area contributed by atoms with Crippen LogP contribution in [-0.4, -0.2) is 28.4 Å². The maximum absolute atomic E-state index is 12.0. The highest BCUT2D eigenvalue weighted by molar-refractivity contribution is 5.94. The first kappa shape index (κ1) is 12.1. The lowest BCUT2D eigenvalue weighted by Crippen LogP contribution is -2.34. The summed E-state index contributed by atoms with van der Waals surface area (Å²) in [7, 11) is 0. The van der Waals surface area contributed by atoms with E-state index in [0.29, 0.717) is 6.61 Å². The van der Waals surface area contributed by atoms with Crippen molar-refractivity contribution in [1.82, 2.24) is 9.78 Å². The summed E-state index contributed by atoms with van der Waals surface area (Å²) < 4.78 is 7.25. The molecule has 0 saturated carbocycles. The SMILES string of the molecule is CCn1ncc(C)c1NC(=O)[C@@H]1CCCCO1. The molecular formula is C12H19N3O2. The van der Waals surface area contributed by atoms with Crippen molar-refractivity contribution in [3.05, 3.63) is 11.8 Å². The zero-order valence-corrected chi connectivity index (χ0v) is 10.4. The first-order valence-corrected chi connectivity index (χ1v) is 6.17. The Labute approximate surface area is 101 Å². The summed E-state index contributed by atoms with van der Waals surface area (Å²) in [5.74, 6) is 0.731. The molecule has 0 bridgehead atoms. The second-order valence-electron chi connectivity index (χ2n) is 4.34. The van der Waals surface area contributed by atoms with Gasteiger partial charge in [0.15, 0.2) is 0 Å². The van der Waals surface area contributed by atoms with Crippen molar-refractivity contribution in [1.29, 1.82) is 0 Å². The second kappa shape index (κ2) is 5.31. The van der Waals surface area contributed by atoms with Crippen LogP contribution in [-0.2, 0) is 16.1 Å². The fourth-order valence-electron chi connectivity index (χ4n) is 2.03. The molecule has 17 heavy (non-hydrogen) atoms. The lowest BCUT2D eigenvalue weighted by molar-refractivity contribution is -0.130. The van der Waals surface area contributed by atoms with Gasteiger partial charge in [0.25, 0.3) is 5.91 Å². The largest absolute Gasteiger partial charge is 0.368 e. The Morgan fingerprint density at radius 1 is 1.65 bits per heavy atom. The standard InChI is InChI=1S/C12H19N3O2/c1-3-15-11(9(2)8-13-15)14-12(16)10-6-4-5-7-17-10/h8,10H,3-7H2,1-2H3,(H,14,16)/t10-/m0/s1. The molecule has 0 spiro atoms. The number of nitrogens with one attached hydrogen (secondary N) is 1. The van der Waals surface area contributed by atoms with Gasteiger partial charge < -0.3 is 10.1 Å². The van der Waals surface area contributed by atoms with E-state index in [1.54, 1.807) is 10.9 Å². The number of ether oxygens (including phenoxy) is 1. The average molecular weight is 237 g/mol. The summed E-state index contributed by atoms with van der Waals surface area (Å²) in [6.45, 7) is 5.37. The van der Waals surface area contributed by atoms with Crippen LogP contribution in [0.5, 0.6) is 0 Å². The zero-order chi connectivity index (χ0) is 12.3. The highest BCUT2D eigenvalue weighted by atomic mass is 16.5. The topological polar surface area (TPSA) is 56.2 Å². The van der Waals surface area contributed by atoms with E-state index in [2.05, 4.69) is 10.4 Å². The fraction of sp³-hybridized carbons (Fsp3) is 0.667. The molecule has 94 valence electrons. The molecular weight excluding hydrogens is 218 g/mol. The number of aromatic nitrogens is 2. The fourth-order valence-corrected chi connectivity index (χ4v) is 2.03. The third-order valence-corrected chi connectivity index (χ3v) is 3.04. The van der Waals surface area contributed by atoms with Crippen LogP contribution >= 0.6 is 0 Å². The lowest BCUT2D eigenvalue weighted by Gasteiger charge is -2.22.